The average molecular weight is 376 g/mol. The lowest BCUT2D eigenvalue weighted by atomic mass is 9.85. The maximum absolute atomic E-state index is 12.4. The number of imide groups is 1. The molecule has 3 rings (SSSR count). The zero-order chi connectivity index (χ0) is 18.9. The van der Waals surface area contributed by atoms with E-state index in [1.54, 1.807) is 6.92 Å². The van der Waals surface area contributed by atoms with Crippen molar-refractivity contribution in [2.45, 2.75) is 24.7 Å². The summed E-state index contributed by atoms with van der Waals surface area (Å²) in [6, 6.07) is 5.80. The molecule has 1 aromatic rings. The van der Waals surface area contributed by atoms with Crippen LogP contribution >= 0.6 is 0 Å². The molecule has 1 aromatic carbocycles. The fraction of sp³-hybridized carbons (Fsp3) is 0.389. The van der Waals surface area contributed by atoms with Crippen LogP contribution in [0.4, 0.5) is 5.69 Å². The summed E-state index contributed by atoms with van der Waals surface area (Å²) in [6.45, 7) is 1.22. The van der Waals surface area contributed by atoms with Gasteiger partial charge in [0, 0.05) is 5.69 Å². The molecule has 0 saturated carbocycles. The summed E-state index contributed by atoms with van der Waals surface area (Å²) >= 11 is 0. The Balaban J connectivity index is 1.64. The molecule has 138 valence electrons. The Labute approximate surface area is 152 Å². The highest BCUT2D eigenvalue weighted by molar-refractivity contribution is 7.91. The van der Waals surface area contributed by atoms with Gasteiger partial charge >= 0.3 is 0 Å². The smallest absolute Gasteiger partial charge is 0.244 e. The van der Waals surface area contributed by atoms with Crippen LogP contribution in [0.15, 0.2) is 41.3 Å². The van der Waals surface area contributed by atoms with Crippen molar-refractivity contribution < 1.29 is 22.8 Å². The largest absolute Gasteiger partial charge is 0.325 e. The van der Waals surface area contributed by atoms with Gasteiger partial charge in [-0.3, -0.25) is 19.3 Å². The van der Waals surface area contributed by atoms with E-state index in [4.69, 9.17) is 0 Å². The normalized spacial score (nSPS) is 22.4. The number of carbonyl (C=O) groups excluding carboxylic acids is 3. The number of anilines is 1. The number of rotatable bonds is 5. The number of fused-ring (bicyclic) bond motifs is 1. The summed E-state index contributed by atoms with van der Waals surface area (Å²) in [7, 11) is -3.31. The van der Waals surface area contributed by atoms with Gasteiger partial charge in [0.15, 0.2) is 9.84 Å². The second kappa shape index (κ2) is 7.03. The Morgan fingerprint density at radius 1 is 1.08 bits per heavy atom. The summed E-state index contributed by atoms with van der Waals surface area (Å²) in [5.74, 6) is -1.83. The Bertz CT molecular complexity index is 847. The summed E-state index contributed by atoms with van der Waals surface area (Å²) in [4.78, 5) is 38.1. The van der Waals surface area contributed by atoms with E-state index >= 15 is 0 Å². The first-order valence-electron chi connectivity index (χ1n) is 8.46. The second-order valence-corrected chi connectivity index (χ2v) is 8.67. The summed E-state index contributed by atoms with van der Waals surface area (Å²) in [5.41, 5.74) is 0.406. The molecule has 0 aromatic heterocycles. The van der Waals surface area contributed by atoms with Crippen molar-refractivity contribution in [3.05, 3.63) is 36.4 Å². The molecule has 1 aliphatic carbocycles. The first kappa shape index (κ1) is 18.3. The van der Waals surface area contributed by atoms with Crippen molar-refractivity contribution in [1.29, 1.82) is 0 Å². The fourth-order valence-electron chi connectivity index (χ4n) is 3.28. The van der Waals surface area contributed by atoms with E-state index in [2.05, 4.69) is 5.32 Å². The lowest BCUT2D eigenvalue weighted by molar-refractivity contribution is -0.142. The van der Waals surface area contributed by atoms with Crippen LogP contribution in [0, 0.1) is 11.8 Å². The third kappa shape index (κ3) is 3.41. The molecule has 8 heteroatoms. The van der Waals surface area contributed by atoms with Gasteiger partial charge < -0.3 is 5.32 Å². The molecule has 1 heterocycles. The van der Waals surface area contributed by atoms with Crippen LogP contribution in [-0.4, -0.2) is 43.3 Å². The van der Waals surface area contributed by atoms with Crippen LogP contribution in [-0.2, 0) is 24.2 Å². The highest BCUT2D eigenvalue weighted by Crippen LogP contribution is 2.34. The molecule has 7 nitrogen and oxygen atoms in total. The monoisotopic (exact) mass is 376 g/mol. The van der Waals surface area contributed by atoms with Gasteiger partial charge in [0.25, 0.3) is 0 Å². The van der Waals surface area contributed by atoms with Gasteiger partial charge in [0.2, 0.25) is 17.7 Å². The minimum atomic E-state index is -3.31. The molecule has 1 aliphatic heterocycles. The van der Waals surface area contributed by atoms with Gasteiger partial charge in [-0.25, -0.2) is 8.42 Å². The number of sulfone groups is 1. The third-order valence-electron chi connectivity index (χ3n) is 4.78. The number of likely N-dealkylation sites (tertiary alicyclic amines) is 1. The van der Waals surface area contributed by atoms with Gasteiger partial charge in [-0.05, 0) is 37.1 Å². The van der Waals surface area contributed by atoms with E-state index in [0.717, 1.165) is 4.90 Å². The lowest BCUT2D eigenvalue weighted by Crippen LogP contribution is -2.38. The van der Waals surface area contributed by atoms with Crippen molar-refractivity contribution in [1.82, 2.24) is 4.90 Å². The SMILES string of the molecule is CCS(=O)(=O)c1ccc(NC(=O)CN2C(=O)[C@@H]3CC=CC[C@H]3C2=O)cc1. The van der Waals surface area contributed by atoms with E-state index in [-0.39, 0.29) is 40.8 Å². The van der Waals surface area contributed by atoms with Crippen molar-refractivity contribution in [3.63, 3.8) is 0 Å². The van der Waals surface area contributed by atoms with Gasteiger partial charge in [-0.1, -0.05) is 19.1 Å². The van der Waals surface area contributed by atoms with Gasteiger partial charge in [0.1, 0.15) is 6.54 Å². The Kier molecular flexibility index (Phi) is 4.95. The van der Waals surface area contributed by atoms with E-state index in [1.807, 2.05) is 12.2 Å². The number of amides is 3. The minimum absolute atomic E-state index is 0.00488. The molecule has 0 unspecified atom stereocenters. The number of nitrogens with zero attached hydrogens (tertiary/aromatic N) is 1. The van der Waals surface area contributed by atoms with Crippen molar-refractivity contribution in [2.24, 2.45) is 11.8 Å². The second-order valence-electron chi connectivity index (χ2n) is 6.39. The Morgan fingerprint density at radius 3 is 2.12 bits per heavy atom. The highest BCUT2D eigenvalue weighted by atomic mass is 32.2. The molecule has 3 amide bonds. The molecule has 0 bridgehead atoms. The van der Waals surface area contributed by atoms with Gasteiger partial charge in [0.05, 0.1) is 22.5 Å². The van der Waals surface area contributed by atoms with Crippen molar-refractivity contribution in [2.75, 3.05) is 17.6 Å². The quantitative estimate of drug-likeness (QED) is 0.618. The van der Waals surface area contributed by atoms with Crippen LogP contribution in [0.2, 0.25) is 0 Å². The van der Waals surface area contributed by atoms with Crippen LogP contribution in [0.5, 0.6) is 0 Å². The number of hydrogen-bond acceptors (Lipinski definition) is 5. The van der Waals surface area contributed by atoms with Gasteiger partial charge in [-0.2, -0.15) is 0 Å². The van der Waals surface area contributed by atoms with E-state index in [1.165, 1.54) is 24.3 Å². The maximum atomic E-state index is 12.4. The third-order valence-corrected chi connectivity index (χ3v) is 6.53. The van der Waals surface area contributed by atoms with E-state index < -0.39 is 15.7 Å². The van der Waals surface area contributed by atoms with Crippen molar-refractivity contribution in [3.8, 4) is 0 Å². The molecule has 2 atom stereocenters. The number of hydrogen-bond donors (Lipinski definition) is 1. The Morgan fingerprint density at radius 2 is 1.62 bits per heavy atom. The number of carbonyl (C=O) groups is 3. The van der Waals surface area contributed by atoms with Crippen LogP contribution in [0.1, 0.15) is 19.8 Å². The average Bonchev–Trinajstić information content (AvgIpc) is 2.87. The summed E-state index contributed by atoms with van der Waals surface area (Å²) < 4.78 is 23.6. The molecule has 26 heavy (non-hydrogen) atoms. The standard InChI is InChI=1S/C18H20N2O5S/c1-2-26(24,25)13-9-7-12(8-10-13)19-16(21)11-20-17(22)14-5-3-4-6-15(14)18(20)23/h3-4,7-10,14-15H,2,5-6,11H2,1H3,(H,19,21)/t14-,15-/m1/s1. The first-order chi connectivity index (χ1) is 12.3. The highest BCUT2D eigenvalue weighted by Gasteiger charge is 2.47. The molecule has 1 N–H and O–H groups in total. The first-order valence-corrected chi connectivity index (χ1v) is 10.1. The predicted molar refractivity (Wildman–Crippen MR) is 94.9 cm³/mol. The lowest BCUT2D eigenvalue weighted by Gasteiger charge is -2.14. The number of allylic oxidation sites excluding steroid dienone is 2. The molecule has 0 spiro atoms. The van der Waals surface area contributed by atoms with E-state index in [0.29, 0.717) is 18.5 Å². The topological polar surface area (TPSA) is 101 Å². The molecular formula is C18H20N2O5S. The number of benzene rings is 1. The molecule has 2 aliphatic rings. The number of nitrogens with one attached hydrogen (secondary N) is 1. The zero-order valence-corrected chi connectivity index (χ0v) is 15.2. The van der Waals surface area contributed by atoms with Crippen LogP contribution < -0.4 is 5.32 Å². The molecular weight excluding hydrogens is 356 g/mol. The van der Waals surface area contributed by atoms with Crippen LogP contribution in [0.3, 0.4) is 0 Å². The fourth-order valence-corrected chi connectivity index (χ4v) is 4.17. The Hall–Kier alpha value is -2.48. The summed E-state index contributed by atoms with van der Waals surface area (Å²) in [5, 5.41) is 2.59. The molecule has 0 radical (unpaired) electrons. The van der Waals surface area contributed by atoms with Gasteiger partial charge in [-0.15, -0.1) is 0 Å². The molecule has 1 fully saturated rings. The maximum Gasteiger partial charge on any atom is 0.244 e. The van der Waals surface area contributed by atoms with Crippen LogP contribution in [0.25, 0.3) is 0 Å². The van der Waals surface area contributed by atoms with E-state index in [9.17, 15) is 22.8 Å². The summed E-state index contributed by atoms with van der Waals surface area (Å²) in [6.07, 6.45) is 4.84. The predicted octanol–water partition coefficient (Wildman–Crippen LogP) is 1.37. The minimum Gasteiger partial charge on any atom is -0.325 e. The zero-order valence-electron chi connectivity index (χ0n) is 14.3. The molecule has 1 saturated heterocycles. The van der Waals surface area contributed by atoms with Crippen molar-refractivity contribution >= 4 is 33.2 Å².